The summed E-state index contributed by atoms with van der Waals surface area (Å²) in [5, 5.41) is 6.30. The van der Waals surface area contributed by atoms with Gasteiger partial charge in [0, 0.05) is 19.6 Å². The van der Waals surface area contributed by atoms with E-state index in [1.807, 2.05) is 42.5 Å². The molecule has 2 N–H and O–H groups in total. The van der Waals surface area contributed by atoms with Crippen LogP contribution >= 0.6 is 11.3 Å². The lowest BCUT2D eigenvalue weighted by molar-refractivity contribution is 0.123. The van der Waals surface area contributed by atoms with Gasteiger partial charge in [-0.05, 0) is 24.1 Å². The summed E-state index contributed by atoms with van der Waals surface area (Å²) in [6.07, 6.45) is 0.781. The van der Waals surface area contributed by atoms with Gasteiger partial charge in [-0.25, -0.2) is 9.78 Å². The number of urea groups is 1. The number of hydrogen-bond acceptors (Lipinski definition) is 6. The van der Waals surface area contributed by atoms with Crippen molar-refractivity contribution in [3.05, 3.63) is 48.0 Å². The summed E-state index contributed by atoms with van der Waals surface area (Å²) < 4.78 is 11.9. The quantitative estimate of drug-likeness (QED) is 0.648. The fraction of sp³-hybridized carbons (Fsp3) is 0.333. The lowest BCUT2D eigenvalue weighted by atomic mass is 10.1. The normalized spacial score (nSPS) is 14.0. The Labute approximate surface area is 173 Å². The van der Waals surface area contributed by atoms with Gasteiger partial charge in [0.25, 0.3) is 0 Å². The number of nitrogens with zero attached hydrogens (tertiary/aromatic N) is 2. The first-order valence-electron chi connectivity index (χ1n) is 9.63. The van der Waals surface area contributed by atoms with E-state index in [9.17, 15) is 4.79 Å². The van der Waals surface area contributed by atoms with E-state index in [0.29, 0.717) is 30.6 Å². The molecule has 0 bridgehead atoms. The third kappa shape index (κ3) is 4.60. The predicted molar refractivity (Wildman–Crippen MR) is 116 cm³/mol. The van der Waals surface area contributed by atoms with Gasteiger partial charge in [-0.15, -0.1) is 0 Å². The maximum Gasteiger partial charge on any atom is 0.321 e. The number of morpholine rings is 1. The van der Waals surface area contributed by atoms with E-state index < -0.39 is 0 Å². The molecule has 1 saturated heterocycles. The van der Waals surface area contributed by atoms with Gasteiger partial charge in [-0.3, -0.25) is 5.32 Å². The van der Waals surface area contributed by atoms with Gasteiger partial charge in [-0.1, -0.05) is 41.7 Å². The van der Waals surface area contributed by atoms with Crippen LogP contribution in [-0.2, 0) is 11.2 Å². The second-order valence-electron chi connectivity index (χ2n) is 6.70. The van der Waals surface area contributed by atoms with Gasteiger partial charge >= 0.3 is 6.03 Å². The smallest absolute Gasteiger partial charge is 0.321 e. The summed E-state index contributed by atoms with van der Waals surface area (Å²) in [5.41, 5.74) is 3.05. The van der Waals surface area contributed by atoms with Crippen LogP contribution in [0.4, 0.5) is 15.6 Å². The summed E-state index contributed by atoms with van der Waals surface area (Å²) in [7, 11) is 1.63. The molecular formula is C21H24N4O3S. The van der Waals surface area contributed by atoms with E-state index in [-0.39, 0.29) is 6.03 Å². The van der Waals surface area contributed by atoms with Crippen molar-refractivity contribution in [1.29, 1.82) is 0 Å². The number of carbonyl (C=O) groups is 1. The van der Waals surface area contributed by atoms with Crippen molar-refractivity contribution < 1.29 is 14.3 Å². The van der Waals surface area contributed by atoms with E-state index in [1.165, 1.54) is 16.9 Å². The van der Waals surface area contributed by atoms with Crippen LogP contribution < -0.4 is 20.3 Å². The Morgan fingerprint density at radius 3 is 2.76 bits per heavy atom. The van der Waals surface area contributed by atoms with Crippen molar-refractivity contribution in [3.8, 4) is 5.75 Å². The molecule has 2 heterocycles. The van der Waals surface area contributed by atoms with E-state index in [1.54, 1.807) is 7.11 Å². The lowest BCUT2D eigenvalue weighted by Gasteiger charge is -2.29. The average molecular weight is 413 g/mol. The number of carbonyl (C=O) groups excluding carboxylic acids is 1. The van der Waals surface area contributed by atoms with Crippen molar-refractivity contribution in [2.45, 2.75) is 6.42 Å². The highest BCUT2D eigenvalue weighted by Crippen LogP contribution is 2.39. The summed E-state index contributed by atoms with van der Waals surface area (Å²) in [5.74, 6) is 0.700. The minimum absolute atomic E-state index is 0.258. The number of nitrogens with one attached hydrogen (secondary N) is 2. The Kier molecular flexibility index (Phi) is 6.12. The fourth-order valence-electron chi connectivity index (χ4n) is 3.35. The Balaban J connectivity index is 1.46. The molecule has 152 valence electrons. The summed E-state index contributed by atoms with van der Waals surface area (Å²) in [6, 6.07) is 13.8. The first-order valence-corrected chi connectivity index (χ1v) is 10.5. The highest BCUT2D eigenvalue weighted by atomic mass is 32.1. The second-order valence-corrected chi connectivity index (χ2v) is 7.70. The topological polar surface area (TPSA) is 75.7 Å². The Morgan fingerprint density at radius 2 is 2.00 bits per heavy atom. The number of thiazole rings is 1. The molecule has 3 aromatic rings. The van der Waals surface area contributed by atoms with Crippen molar-refractivity contribution in [1.82, 2.24) is 10.3 Å². The Hall–Kier alpha value is -2.84. The molecule has 2 aromatic carbocycles. The Morgan fingerprint density at radius 1 is 1.21 bits per heavy atom. The van der Waals surface area contributed by atoms with Gasteiger partial charge in [0.2, 0.25) is 0 Å². The maximum atomic E-state index is 12.3. The molecule has 0 spiro atoms. The third-order valence-electron chi connectivity index (χ3n) is 4.82. The molecule has 0 aliphatic carbocycles. The number of methoxy groups -OCH3 is 1. The molecule has 4 rings (SSSR count). The lowest BCUT2D eigenvalue weighted by Crippen LogP contribution is -2.36. The van der Waals surface area contributed by atoms with Crippen molar-refractivity contribution >= 4 is 38.4 Å². The van der Waals surface area contributed by atoms with Crippen LogP contribution in [0.2, 0.25) is 0 Å². The van der Waals surface area contributed by atoms with E-state index in [2.05, 4.69) is 20.5 Å². The SMILES string of the molecule is COc1ccc(N2CCOCC2)c2sc(NC(=O)NCCc3ccccc3)nc12. The minimum Gasteiger partial charge on any atom is -0.494 e. The third-order valence-corrected chi connectivity index (χ3v) is 5.81. The standard InChI is InChI=1S/C21H24N4O3S/c1-27-17-8-7-16(25-11-13-28-14-12-25)19-18(17)23-21(29-19)24-20(26)22-10-9-15-5-3-2-4-6-15/h2-8H,9-14H2,1H3,(H2,22,23,24,26). The fourth-order valence-corrected chi connectivity index (χ4v) is 4.37. The molecule has 0 radical (unpaired) electrons. The van der Waals surface area contributed by atoms with Crippen LogP contribution in [-0.4, -0.2) is 51.0 Å². The van der Waals surface area contributed by atoms with Crippen LogP contribution in [0.25, 0.3) is 10.2 Å². The zero-order chi connectivity index (χ0) is 20.1. The summed E-state index contributed by atoms with van der Waals surface area (Å²) in [6.45, 7) is 3.65. The number of hydrogen-bond donors (Lipinski definition) is 2. The number of fused-ring (bicyclic) bond motifs is 1. The van der Waals surface area contributed by atoms with E-state index >= 15 is 0 Å². The molecule has 1 aromatic heterocycles. The predicted octanol–water partition coefficient (Wildman–Crippen LogP) is 3.51. The Bertz CT molecular complexity index is 971. The zero-order valence-corrected chi connectivity index (χ0v) is 17.1. The van der Waals surface area contributed by atoms with E-state index in [4.69, 9.17) is 9.47 Å². The molecular weight excluding hydrogens is 388 g/mol. The number of amides is 2. The number of aromatic nitrogens is 1. The summed E-state index contributed by atoms with van der Waals surface area (Å²) in [4.78, 5) is 19.2. The average Bonchev–Trinajstić information content (AvgIpc) is 3.18. The van der Waals surface area contributed by atoms with Gasteiger partial charge in [0.05, 0.1) is 30.7 Å². The van der Waals surface area contributed by atoms with Crippen molar-refractivity contribution in [2.24, 2.45) is 0 Å². The van der Waals surface area contributed by atoms with E-state index in [0.717, 1.165) is 35.4 Å². The van der Waals surface area contributed by atoms with Crippen LogP contribution in [0.1, 0.15) is 5.56 Å². The number of ether oxygens (including phenoxy) is 2. The van der Waals surface area contributed by atoms with Crippen LogP contribution in [0.15, 0.2) is 42.5 Å². The van der Waals surface area contributed by atoms with Crippen molar-refractivity contribution in [3.63, 3.8) is 0 Å². The second kappa shape index (κ2) is 9.11. The van der Waals surface area contributed by atoms with Gasteiger partial charge < -0.3 is 19.7 Å². The first kappa shape index (κ1) is 19.5. The van der Waals surface area contributed by atoms with Gasteiger partial charge in [-0.2, -0.15) is 0 Å². The molecule has 0 unspecified atom stereocenters. The van der Waals surface area contributed by atoms with Gasteiger partial charge in [0.15, 0.2) is 5.13 Å². The molecule has 1 aliphatic heterocycles. The molecule has 1 aliphatic rings. The van der Waals surface area contributed by atoms with Gasteiger partial charge in [0.1, 0.15) is 11.3 Å². The largest absolute Gasteiger partial charge is 0.494 e. The molecule has 0 atom stereocenters. The monoisotopic (exact) mass is 412 g/mol. The molecule has 1 fully saturated rings. The van der Waals surface area contributed by atoms with Crippen LogP contribution in [0.5, 0.6) is 5.75 Å². The molecule has 0 saturated carbocycles. The number of anilines is 2. The number of rotatable bonds is 6. The van der Waals surface area contributed by atoms with Crippen molar-refractivity contribution in [2.75, 3.05) is 50.2 Å². The summed E-state index contributed by atoms with van der Waals surface area (Å²) >= 11 is 1.46. The number of benzene rings is 2. The molecule has 8 heteroatoms. The highest BCUT2D eigenvalue weighted by molar-refractivity contribution is 7.23. The zero-order valence-electron chi connectivity index (χ0n) is 16.3. The van der Waals surface area contributed by atoms with Crippen LogP contribution in [0, 0.1) is 0 Å². The molecule has 2 amide bonds. The maximum absolute atomic E-state index is 12.3. The molecule has 7 nitrogen and oxygen atoms in total. The highest BCUT2D eigenvalue weighted by Gasteiger charge is 2.19. The first-order chi connectivity index (χ1) is 14.2. The minimum atomic E-state index is -0.258. The van der Waals surface area contributed by atoms with Crippen LogP contribution in [0.3, 0.4) is 0 Å². The molecule has 29 heavy (non-hydrogen) atoms.